The largest absolute Gasteiger partial charge is 0.493 e. The van der Waals surface area contributed by atoms with Crippen molar-refractivity contribution < 1.29 is 43.2 Å². The van der Waals surface area contributed by atoms with E-state index in [1.165, 1.54) is 17.0 Å². The fraction of sp³-hybridized carbons (Fsp3) is 0.490. The third kappa shape index (κ3) is 12.1. The number of oxime groups is 1. The normalized spacial score (nSPS) is 23.1. The van der Waals surface area contributed by atoms with E-state index in [2.05, 4.69) is 37.4 Å². The third-order valence-corrected chi connectivity index (χ3v) is 12.8. The minimum Gasteiger partial charge on any atom is -0.493 e. The number of ether oxygens (including phenoxy) is 4. The molecule has 3 aromatic carbocycles. The van der Waals surface area contributed by atoms with E-state index in [0.29, 0.717) is 48.6 Å². The van der Waals surface area contributed by atoms with Gasteiger partial charge in [-0.15, -0.1) is 24.9 Å². The van der Waals surface area contributed by atoms with Crippen LogP contribution in [0.2, 0.25) is 0 Å². The number of carbonyl (C=O) groups is 1. The van der Waals surface area contributed by atoms with E-state index in [0.717, 1.165) is 42.6 Å². The highest BCUT2D eigenvalue weighted by Crippen LogP contribution is 2.62. The lowest BCUT2D eigenvalue weighted by Crippen LogP contribution is -2.70. The van der Waals surface area contributed by atoms with Crippen molar-refractivity contribution in [3.8, 4) is 11.5 Å². The third-order valence-electron chi connectivity index (χ3n) is 11.9. The van der Waals surface area contributed by atoms with E-state index in [9.17, 15) is 19.4 Å². The second kappa shape index (κ2) is 22.8. The fourth-order valence-electron chi connectivity index (χ4n) is 9.17. The van der Waals surface area contributed by atoms with Crippen LogP contribution in [0.5, 0.6) is 11.5 Å². The standard InChI is InChI=1S/C51H65FN2O8S/c1-6-8-29-59-49(57)54(35-36-20-22-38(52)23-21-36)46-34-44(53-62-50(3,4)5)42-32-37(16-12-14-26-55)41(19-13-15-27-56)47-43-33-39(58-30-31-63-40-17-10-9-11-18-40)24-25-45(43)61-51(46,48(42)47)60-28-7-2/h6-7,9-11,17-18,20-25,32-33,37,41,46-48,55-56H,1-2,8,12-16,19,26-31,34-35H2,3-5H3. The molecule has 1 amide bonds. The molecular weight excluding hydrogens is 820 g/mol. The number of aliphatic hydroxyl groups excluding tert-OH is 2. The summed E-state index contributed by atoms with van der Waals surface area (Å²) in [5, 5.41) is 24.8. The van der Waals surface area contributed by atoms with Crippen LogP contribution in [0.1, 0.15) is 89.2 Å². The Labute approximate surface area is 377 Å². The molecule has 6 unspecified atom stereocenters. The fourth-order valence-corrected chi connectivity index (χ4v) is 9.92. The number of hydrogen-bond acceptors (Lipinski definition) is 10. The van der Waals surface area contributed by atoms with E-state index in [-0.39, 0.29) is 63.0 Å². The van der Waals surface area contributed by atoms with E-state index >= 15 is 0 Å². The van der Waals surface area contributed by atoms with Gasteiger partial charge in [0.15, 0.2) is 0 Å². The monoisotopic (exact) mass is 884 g/mol. The van der Waals surface area contributed by atoms with Crippen LogP contribution in [0.25, 0.3) is 0 Å². The Morgan fingerprint density at radius 3 is 2.43 bits per heavy atom. The number of halogens is 1. The lowest BCUT2D eigenvalue weighted by atomic mass is 9.55. The van der Waals surface area contributed by atoms with Gasteiger partial charge in [0, 0.05) is 48.3 Å². The SMILES string of the molecule is C=CCCOC(=O)N(Cc1ccc(F)cc1)C1CC(=NOC(C)(C)C)C2=CC(CCCCO)C(CCCCO)C3c4cc(OCCSc5ccccc5)ccc4OC1(OCC=C)C23. The van der Waals surface area contributed by atoms with Crippen LogP contribution in [0.3, 0.4) is 0 Å². The maximum absolute atomic E-state index is 14.6. The van der Waals surface area contributed by atoms with Crippen LogP contribution in [-0.4, -0.2) is 83.1 Å². The van der Waals surface area contributed by atoms with Crippen molar-refractivity contribution in [2.45, 2.75) is 107 Å². The zero-order chi connectivity index (χ0) is 44.8. The molecule has 0 bridgehead atoms. The van der Waals surface area contributed by atoms with Crippen molar-refractivity contribution >= 4 is 23.6 Å². The molecule has 0 spiro atoms. The summed E-state index contributed by atoms with van der Waals surface area (Å²) in [6.07, 6.45) is 10.3. The average molecular weight is 885 g/mol. The van der Waals surface area contributed by atoms with Crippen LogP contribution < -0.4 is 9.47 Å². The van der Waals surface area contributed by atoms with Gasteiger partial charge in [-0.05, 0) is 118 Å². The minimum absolute atomic E-state index is 0.0378. The summed E-state index contributed by atoms with van der Waals surface area (Å²) in [6, 6.07) is 21.5. The quantitative estimate of drug-likeness (QED) is 0.0415. The number of fused-ring (bicyclic) bond motifs is 2. The maximum Gasteiger partial charge on any atom is 0.410 e. The van der Waals surface area contributed by atoms with Crippen molar-refractivity contribution in [3.63, 3.8) is 0 Å². The van der Waals surface area contributed by atoms with Gasteiger partial charge in [0.1, 0.15) is 29.0 Å². The van der Waals surface area contributed by atoms with Gasteiger partial charge in [0.05, 0.1) is 31.5 Å². The first-order valence-corrected chi connectivity index (χ1v) is 23.4. The topological polar surface area (TPSA) is 119 Å². The number of rotatable bonds is 23. The van der Waals surface area contributed by atoms with Crippen molar-refractivity contribution in [1.29, 1.82) is 0 Å². The second-order valence-corrected chi connectivity index (χ2v) is 18.6. The minimum atomic E-state index is -1.49. The number of hydrogen-bond donors (Lipinski definition) is 2. The summed E-state index contributed by atoms with van der Waals surface area (Å²) in [7, 11) is 0. The summed E-state index contributed by atoms with van der Waals surface area (Å²) in [5.74, 6) is -0.426. The Bertz CT molecular complexity index is 2020. The maximum atomic E-state index is 14.6. The van der Waals surface area contributed by atoms with Gasteiger partial charge in [-0.3, -0.25) is 4.90 Å². The van der Waals surface area contributed by atoms with Gasteiger partial charge < -0.3 is 34.0 Å². The van der Waals surface area contributed by atoms with Gasteiger partial charge in [-0.2, -0.15) is 0 Å². The van der Waals surface area contributed by atoms with Crippen molar-refractivity contribution in [2.24, 2.45) is 22.9 Å². The van der Waals surface area contributed by atoms with Crippen LogP contribution in [0, 0.1) is 23.6 Å². The van der Waals surface area contributed by atoms with E-state index in [1.54, 1.807) is 40.9 Å². The molecule has 6 rings (SSSR count). The van der Waals surface area contributed by atoms with Gasteiger partial charge in [0.2, 0.25) is 5.79 Å². The molecule has 0 aromatic heterocycles. The summed E-state index contributed by atoms with van der Waals surface area (Å²) in [4.78, 5) is 23.7. The van der Waals surface area contributed by atoms with Gasteiger partial charge in [-0.25, -0.2) is 9.18 Å². The van der Waals surface area contributed by atoms with E-state index in [1.807, 2.05) is 51.1 Å². The lowest BCUT2D eigenvalue weighted by Gasteiger charge is -2.60. The Kier molecular flexibility index (Phi) is 17.3. The summed E-state index contributed by atoms with van der Waals surface area (Å²) in [6.45, 7) is 14.6. The molecule has 63 heavy (non-hydrogen) atoms. The highest BCUT2D eigenvalue weighted by Gasteiger charge is 2.65. The van der Waals surface area contributed by atoms with Gasteiger partial charge in [0.25, 0.3) is 0 Å². The molecule has 3 aromatic rings. The smallest absolute Gasteiger partial charge is 0.410 e. The molecule has 1 fully saturated rings. The van der Waals surface area contributed by atoms with Crippen molar-refractivity contribution in [2.75, 3.05) is 38.8 Å². The molecule has 340 valence electrons. The molecule has 1 heterocycles. The number of unbranched alkanes of at least 4 members (excludes halogenated alkanes) is 2. The molecule has 0 saturated heterocycles. The van der Waals surface area contributed by atoms with Gasteiger partial charge >= 0.3 is 6.09 Å². The summed E-state index contributed by atoms with van der Waals surface area (Å²) < 4.78 is 41.2. The van der Waals surface area contributed by atoms with Crippen molar-refractivity contribution in [1.82, 2.24) is 4.90 Å². The zero-order valence-electron chi connectivity index (χ0n) is 37.1. The number of amides is 1. The van der Waals surface area contributed by atoms with Crippen LogP contribution >= 0.6 is 11.8 Å². The first kappa shape index (κ1) is 47.8. The molecule has 2 aliphatic carbocycles. The number of benzene rings is 3. The Hall–Kier alpha value is -4.62. The molecule has 1 saturated carbocycles. The first-order valence-electron chi connectivity index (χ1n) is 22.4. The Balaban J connectivity index is 1.55. The van der Waals surface area contributed by atoms with E-state index in [4.69, 9.17) is 28.9 Å². The number of allylic oxidation sites excluding steroid dienone is 1. The summed E-state index contributed by atoms with van der Waals surface area (Å²) >= 11 is 1.73. The van der Waals surface area contributed by atoms with Crippen LogP contribution in [0.4, 0.5) is 9.18 Å². The predicted octanol–water partition coefficient (Wildman–Crippen LogP) is 10.6. The number of nitrogens with zero attached hydrogens (tertiary/aromatic N) is 2. The van der Waals surface area contributed by atoms with Crippen LogP contribution in [0.15, 0.2) is 120 Å². The average Bonchev–Trinajstić information content (AvgIpc) is 3.27. The Morgan fingerprint density at radius 2 is 1.73 bits per heavy atom. The molecule has 12 heteroatoms. The van der Waals surface area contributed by atoms with E-state index < -0.39 is 29.4 Å². The number of aliphatic hydroxyl groups is 2. The Morgan fingerprint density at radius 1 is 0.984 bits per heavy atom. The highest BCUT2D eigenvalue weighted by atomic mass is 32.2. The first-order chi connectivity index (χ1) is 30.5. The molecule has 3 aliphatic rings. The van der Waals surface area contributed by atoms with Gasteiger partial charge in [-0.1, -0.05) is 66.6 Å². The lowest BCUT2D eigenvalue weighted by molar-refractivity contribution is -0.256. The molecule has 2 N–H and O–H groups in total. The zero-order valence-corrected chi connectivity index (χ0v) is 37.9. The molecule has 10 nitrogen and oxygen atoms in total. The molecule has 1 aliphatic heterocycles. The number of thioether (sulfide) groups is 1. The van der Waals surface area contributed by atoms with Crippen LogP contribution in [-0.2, 0) is 20.9 Å². The summed E-state index contributed by atoms with van der Waals surface area (Å²) in [5.41, 5.74) is 2.62. The molecule has 0 radical (unpaired) electrons. The molecule has 6 atom stereocenters. The predicted molar refractivity (Wildman–Crippen MR) is 247 cm³/mol. The van der Waals surface area contributed by atoms with Crippen molar-refractivity contribution in [3.05, 3.63) is 127 Å². The number of carbonyl (C=O) groups excluding carboxylic acids is 1. The second-order valence-electron chi connectivity index (χ2n) is 17.4. The molecular formula is C51H65FN2O8S. The highest BCUT2D eigenvalue weighted by molar-refractivity contribution is 7.99.